The maximum absolute atomic E-state index is 14.6. The minimum Gasteiger partial charge on any atom is -0.384 e. The number of nitrogens with one attached hydrogen (secondary N) is 2. The summed E-state index contributed by atoms with van der Waals surface area (Å²) in [6.07, 6.45) is -1.19. The molecular formula is C23H25F4N3O4S. The number of hydrogen-bond acceptors (Lipinski definition) is 4. The molecule has 190 valence electrons. The Balaban J connectivity index is 1.65. The number of carbonyl (C=O) groups is 1. The van der Waals surface area contributed by atoms with E-state index in [1.54, 1.807) is 0 Å². The van der Waals surface area contributed by atoms with Crippen molar-refractivity contribution < 1.29 is 35.5 Å². The summed E-state index contributed by atoms with van der Waals surface area (Å²) in [6.45, 7) is -0.608. The van der Waals surface area contributed by atoms with Crippen molar-refractivity contribution in [1.29, 1.82) is 0 Å². The molecular weight excluding hydrogens is 490 g/mol. The topological polar surface area (TPSA) is 87.7 Å². The van der Waals surface area contributed by atoms with E-state index in [0.29, 0.717) is 5.56 Å². The summed E-state index contributed by atoms with van der Waals surface area (Å²) in [5, 5.41) is 0. The third-order valence-electron chi connectivity index (χ3n) is 6.73. The number of benzene rings is 2. The molecule has 1 saturated carbocycles. The monoisotopic (exact) mass is 515 g/mol. The predicted molar refractivity (Wildman–Crippen MR) is 120 cm³/mol. The van der Waals surface area contributed by atoms with E-state index in [9.17, 15) is 30.8 Å². The third kappa shape index (κ3) is 4.67. The second-order valence-corrected chi connectivity index (χ2v) is 10.5. The molecule has 4 rings (SSSR count). The van der Waals surface area contributed by atoms with Gasteiger partial charge >= 0.3 is 0 Å². The lowest BCUT2D eigenvalue weighted by molar-refractivity contribution is -0.153. The second kappa shape index (κ2) is 9.49. The van der Waals surface area contributed by atoms with Crippen LogP contribution in [-0.2, 0) is 19.7 Å². The predicted octanol–water partition coefficient (Wildman–Crippen LogP) is 2.49. The van der Waals surface area contributed by atoms with Crippen molar-refractivity contribution in [2.75, 3.05) is 33.9 Å². The van der Waals surface area contributed by atoms with Crippen LogP contribution in [0, 0.1) is 22.9 Å². The van der Waals surface area contributed by atoms with Crippen LogP contribution in [0.3, 0.4) is 0 Å². The first-order chi connectivity index (χ1) is 16.5. The van der Waals surface area contributed by atoms with Crippen LogP contribution in [0.2, 0.25) is 0 Å². The number of likely N-dealkylation sites (tertiary alicyclic amines) is 1. The molecule has 0 aromatic heterocycles. The van der Waals surface area contributed by atoms with Crippen LogP contribution in [0.25, 0.3) is 11.1 Å². The first kappa shape index (κ1) is 25.5. The Morgan fingerprint density at radius 2 is 1.89 bits per heavy atom. The smallest absolute Gasteiger partial charge is 0.276 e. The van der Waals surface area contributed by atoms with Gasteiger partial charge < -0.3 is 9.64 Å². The SMILES string of the molecule is CNS(=O)(=O)NC[C@@H]1[C@H](F)CN1C(=O)C1(COC)CC1c1ccc(F)cc1-c1c(F)cccc1F. The molecule has 1 aliphatic carbocycles. The van der Waals surface area contributed by atoms with Crippen LogP contribution >= 0.6 is 0 Å². The van der Waals surface area contributed by atoms with E-state index in [4.69, 9.17) is 4.74 Å². The molecule has 2 fully saturated rings. The Morgan fingerprint density at radius 1 is 1.20 bits per heavy atom. The molecule has 2 aliphatic rings. The zero-order valence-corrected chi connectivity index (χ0v) is 19.8. The molecule has 4 atom stereocenters. The van der Waals surface area contributed by atoms with Gasteiger partial charge in [-0.2, -0.15) is 8.42 Å². The van der Waals surface area contributed by atoms with Gasteiger partial charge in [0.25, 0.3) is 10.2 Å². The van der Waals surface area contributed by atoms with Crippen LogP contribution in [0.15, 0.2) is 36.4 Å². The average Bonchev–Trinajstić information content (AvgIpc) is 3.52. The van der Waals surface area contributed by atoms with E-state index < -0.39 is 62.7 Å². The third-order valence-corrected chi connectivity index (χ3v) is 7.81. The normalized spacial score (nSPS) is 25.9. The Labute approximate surface area is 200 Å². The van der Waals surface area contributed by atoms with Gasteiger partial charge in [0, 0.05) is 26.6 Å². The first-order valence-electron chi connectivity index (χ1n) is 10.9. The maximum atomic E-state index is 14.6. The van der Waals surface area contributed by atoms with E-state index >= 15 is 0 Å². The highest BCUT2D eigenvalue weighted by Crippen LogP contribution is 2.62. The molecule has 0 spiro atoms. The van der Waals surface area contributed by atoms with Gasteiger partial charge in [0.2, 0.25) is 5.91 Å². The molecule has 35 heavy (non-hydrogen) atoms. The van der Waals surface area contributed by atoms with Crippen LogP contribution in [0.5, 0.6) is 0 Å². The van der Waals surface area contributed by atoms with E-state index in [0.717, 1.165) is 24.3 Å². The Morgan fingerprint density at radius 3 is 2.49 bits per heavy atom. The molecule has 0 radical (unpaired) electrons. The summed E-state index contributed by atoms with van der Waals surface area (Å²) in [4.78, 5) is 14.8. The molecule has 12 heteroatoms. The number of methoxy groups -OCH3 is 1. The van der Waals surface area contributed by atoms with Crippen molar-refractivity contribution in [2.24, 2.45) is 5.41 Å². The highest BCUT2D eigenvalue weighted by molar-refractivity contribution is 7.87. The van der Waals surface area contributed by atoms with E-state index in [1.807, 2.05) is 0 Å². The number of amides is 1. The lowest BCUT2D eigenvalue weighted by atomic mass is 9.89. The number of ether oxygens (including phenoxy) is 1. The summed E-state index contributed by atoms with van der Waals surface area (Å²) in [6, 6.07) is 5.86. The molecule has 7 nitrogen and oxygen atoms in total. The van der Waals surface area contributed by atoms with Gasteiger partial charge in [0.05, 0.1) is 30.2 Å². The van der Waals surface area contributed by atoms with Gasteiger partial charge in [0.15, 0.2) is 0 Å². The summed E-state index contributed by atoms with van der Waals surface area (Å²) in [7, 11) is -1.25. The van der Waals surface area contributed by atoms with Gasteiger partial charge in [0.1, 0.15) is 23.6 Å². The van der Waals surface area contributed by atoms with Crippen molar-refractivity contribution in [2.45, 2.75) is 24.6 Å². The molecule has 1 amide bonds. The summed E-state index contributed by atoms with van der Waals surface area (Å²) < 4.78 is 90.4. The Hall–Kier alpha value is -2.54. The number of hydrogen-bond donors (Lipinski definition) is 2. The summed E-state index contributed by atoms with van der Waals surface area (Å²) in [5.74, 6) is -3.48. The van der Waals surface area contributed by atoms with E-state index in [1.165, 1.54) is 31.2 Å². The van der Waals surface area contributed by atoms with Crippen LogP contribution in [-0.4, -0.2) is 65.3 Å². The fourth-order valence-corrected chi connectivity index (χ4v) is 5.29. The van der Waals surface area contributed by atoms with Crippen molar-refractivity contribution in [3.8, 4) is 11.1 Å². The van der Waals surface area contributed by atoms with E-state index in [2.05, 4.69) is 9.44 Å². The molecule has 2 unspecified atom stereocenters. The highest BCUT2D eigenvalue weighted by atomic mass is 32.2. The Bertz CT molecular complexity index is 1230. The van der Waals surface area contributed by atoms with Gasteiger partial charge in [-0.1, -0.05) is 12.1 Å². The van der Waals surface area contributed by atoms with Crippen molar-refractivity contribution in [1.82, 2.24) is 14.3 Å². The number of halogens is 4. The van der Waals surface area contributed by atoms with Gasteiger partial charge in [-0.05, 0) is 41.8 Å². The van der Waals surface area contributed by atoms with Gasteiger partial charge in [-0.3, -0.25) is 4.79 Å². The molecule has 1 aliphatic heterocycles. The van der Waals surface area contributed by atoms with Crippen LogP contribution in [0.4, 0.5) is 17.6 Å². The summed E-state index contributed by atoms with van der Waals surface area (Å²) in [5.41, 5.74) is -1.21. The lowest BCUT2D eigenvalue weighted by Crippen LogP contribution is -2.66. The first-order valence-corrected chi connectivity index (χ1v) is 12.4. The molecule has 2 N–H and O–H groups in total. The largest absolute Gasteiger partial charge is 0.384 e. The minimum atomic E-state index is -3.83. The summed E-state index contributed by atoms with van der Waals surface area (Å²) >= 11 is 0. The zero-order valence-electron chi connectivity index (χ0n) is 19.0. The molecule has 1 heterocycles. The van der Waals surface area contributed by atoms with Crippen LogP contribution < -0.4 is 9.44 Å². The van der Waals surface area contributed by atoms with Gasteiger partial charge in [-0.15, -0.1) is 0 Å². The van der Waals surface area contributed by atoms with Crippen molar-refractivity contribution >= 4 is 16.1 Å². The molecule has 2 aromatic carbocycles. The lowest BCUT2D eigenvalue weighted by Gasteiger charge is -2.45. The standard InChI is InChI=1S/C23H25F4N3O4S/c1-28-35(32,33)29-10-20-19(27)11-30(20)22(31)23(12-34-2)9-16(23)14-7-6-13(24)8-15(14)21-17(25)4-3-5-18(21)26/h3-8,16,19-20,28-29H,9-12H2,1-2H3/t16?,19-,20-,23?/m1/s1. The van der Waals surface area contributed by atoms with Crippen molar-refractivity contribution in [3.63, 3.8) is 0 Å². The number of rotatable bonds is 9. The maximum Gasteiger partial charge on any atom is 0.276 e. The minimum absolute atomic E-state index is 0.0123. The molecule has 1 saturated heterocycles. The number of carbonyl (C=O) groups excluding carboxylic acids is 1. The average molecular weight is 516 g/mol. The number of nitrogens with zero attached hydrogens (tertiary/aromatic N) is 1. The quantitative estimate of drug-likeness (QED) is 0.503. The second-order valence-electron chi connectivity index (χ2n) is 8.77. The fourth-order valence-electron chi connectivity index (χ4n) is 4.76. The molecule has 2 aromatic rings. The van der Waals surface area contributed by atoms with Crippen LogP contribution in [0.1, 0.15) is 17.9 Å². The molecule has 0 bridgehead atoms. The van der Waals surface area contributed by atoms with E-state index in [-0.39, 0.29) is 31.7 Å². The van der Waals surface area contributed by atoms with Gasteiger partial charge in [-0.25, -0.2) is 27.0 Å². The highest BCUT2D eigenvalue weighted by Gasteiger charge is 2.64. The number of alkyl halides is 1. The zero-order chi connectivity index (χ0) is 25.5. The fraction of sp³-hybridized carbons (Fsp3) is 0.435. The van der Waals surface area contributed by atoms with Crippen molar-refractivity contribution in [3.05, 3.63) is 59.4 Å². The Kier molecular flexibility index (Phi) is 6.93.